The summed E-state index contributed by atoms with van der Waals surface area (Å²) in [6.45, 7) is 0. The molecule has 2 aromatic carbocycles. The Morgan fingerprint density at radius 2 is 2.03 bits per heavy atom. The zero-order chi connectivity index (χ0) is 22.7. The number of carbonyl (C=O) groups excluding carboxylic acids is 1. The van der Waals surface area contributed by atoms with Crippen LogP contribution < -0.4 is 15.4 Å². The highest BCUT2D eigenvalue weighted by Gasteiger charge is 2.15. The number of rotatable bonds is 5. The van der Waals surface area contributed by atoms with Crippen LogP contribution in [0.5, 0.6) is 5.75 Å². The lowest BCUT2D eigenvalue weighted by Crippen LogP contribution is -2.33. The van der Waals surface area contributed by atoms with Gasteiger partial charge in [0.2, 0.25) is 0 Å². The summed E-state index contributed by atoms with van der Waals surface area (Å²) in [5.74, 6) is 0.938. The second-order valence-electron chi connectivity index (χ2n) is 6.47. The summed E-state index contributed by atoms with van der Waals surface area (Å²) in [4.78, 5) is 17.0. The number of anilines is 1. The van der Waals surface area contributed by atoms with Crippen LogP contribution in [0.15, 0.2) is 68.9 Å². The van der Waals surface area contributed by atoms with Crippen molar-refractivity contribution >= 4 is 67.2 Å². The number of furan rings is 1. The lowest BCUT2D eigenvalue weighted by atomic mass is 10.2. The van der Waals surface area contributed by atoms with Crippen LogP contribution in [0.3, 0.4) is 0 Å². The van der Waals surface area contributed by atoms with E-state index in [1.54, 1.807) is 31.4 Å². The first-order valence-electron chi connectivity index (χ1n) is 9.20. The minimum atomic E-state index is -0.466. The number of nitrogens with zero attached hydrogens (tertiary/aromatic N) is 1. The minimum Gasteiger partial charge on any atom is -0.496 e. The molecule has 6 nitrogen and oxygen atoms in total. The maximum atomic E-state index is 12.5. The third kappa shape index (κ3) is 5.18. The van der Waals surface area contributed by atoms with Crippen molar-refractivity contribution in [2.24, 2.45) is 0 Å². The summed E-state index contributed by atoms with van der Waals surface area (Å²) in [5, 5.41) is 8.67. The maximum Gasteiger partial charge on any atom is 0.293 e. The summed E-state index contributed by atoms with van der Waals surface area (Å²) in [5.41, 5.74) is 2.46. The number of thiocarbonyl (C=S) groups is 1. The molecule has 2 N–H and O–H groups in total. The number of aromatic nitrogens is 1. The predicted molar refractivity (Wildman–Crippen MR) is 135 cm³/mol. The monoisotopic (exact) mass is 547 g/mol. The fourth-order valence-electron chi connectivity index (χ4n) is 2.84. The van der Waals surface area contributed by atoms with Crippen LogP contribution in [-0.4, -0.2) is 23.1 Å². The molecule has 0 unspecified atom stereocenters. The first-order valence-corrected chi connectivity index (χ1v) is 11.7. The van der Waals surface area contributed by atoms with E-state index in [9.17, 15) is 4.79 Å². The van der Waals surface area contributed by atoms with Gasteiger partial charge in [0.05, 0.1) is 17.3 Å². The molecule has 0 saturated carbocycles. The fourth-order valence-corrected chi connectivity index (χ4v) is 4.55. The van der Waals surface area contributed by atoms with Gasteiger partial charge in [0.1, 0.15) is 11.5 Å². The molecule has 2 heterocycles. The first kappa shape index (κ1) is 22.5. The van der Waals surface area contributed by atoms with Gasteiger partial charge in [-0.15, -0.1) is 11.3 Å². The number of methoxy groups -OCH3 is 1. The number of amides is 1. The van der Waals surface area contributed by atoms with Crippen LogP contribution in [-0.2, 0) is 0 Å². The third-order valence-corrected chi connectivity index (χ3v) is 6.15. The van der Waals surface area contributed by atoms with Crippen LogP contribution in [0.2, 0.25) is 5.02 Å². The van der Waals surface area contributed by atoms with E-state index in [2.05, 4.69) is 31.5 Å². The Kier molecular flexibility index (Phi) is 6.90. The van der Waals surface area contributed by atoms with E-state index in [4.69, 9.17) is 33.0 Å². The van der Waals surface area contributed by atoms with Crippen molar-refractivity contribution in [3.8, 4) is 28.3 Å². The van der Waals surface area contributed by atoms with Crippen LogP contribution in [0, 0.1) is 0 Å². The average molecular weight is 549 g/mol. The number of nitrogens with one attached hydrogen (secondary N) is 2. The summed E-state index contributed by atoms with van der Waals surface area (Å²) >= 11 is 16.1. The lowest BCUT2D eigenvalue weighted by Gasteiger charge is -2.06. The molecule has 1 amide bonds. The van der Waals surface area contributed by atoms with Gasteiger partial charge < -0.3 is 14.5 Å². The van der Waals surface area contributed by atoms with Gasteiger partial charge in [-0.3, -0.25) is 10.1 Å². The molecule has 0 aliphatic heterocycles. The zero-order valence-corrected chi connectivity index (χ0v) is 20.5. The molecular weight excluding hydrogens is 534 g/mol. The van der Waals surface area contributed by atoms with E-state index in [1.165, 1.54) is 11.3 Å². The molecule has 4 rings (SSSR count). The molecule has 0 radical (unpaired) electrons. The number of carbonyl (C=O) groups is 1. The standard InChI is InChI=1S/C22H15BrClN3O3S2/c1-29-18-6-5-12(10-15(18)23)16-11-32-22(25-16)27-21(31)26-20(28)19-8-7-17(30-19)13-3-2-4-14(24)9-13/h2-11H,1H3,(H2,25,26,27,28,31). The topological polar surface area (TPSA) is 76.4 Å². The van der Waals surface area contributed by atoms with Gasteiger partial charge in [0.25, 0.3) is 5.91 Å². The number of halogens is 2. The smallest absolute Gasteiger partial charge is 0.293 e. The Morgan fingerprint density at radius 1 is 1.19 bits per heavy atom. The van der Waals surface area contributed by atoms with E-state index in [0.717, 1.165) is 27.0 Å². The molecular formula is C22H15BrClN3O3S2. The minimum absolute atomic E-state index is 0.118. The molecule has 0 saturated heterocycles. The molecule has 32 heavy (non-hydrogen) atoms. The van der Waals surface area contributed by atoms with Gasteiger partial charge >= 0.3 is 0 Å². The Balaban J connectivity index is 1.39. The average Bonchev–Trinajstić information content (AvgIpc) is 3.44. The predicted octanol–water partition coefficient (Wildman–Crippen LogP) is 6.62. The number of hydrogen-bond donors (Lipinski definition) is 2. The molecule has 0 aliphatic rings. The summed E-state index contributed by atoms with van der Waals surface area (Å²) in [6, 6.07) is 16.2. The van der Waals surface area contributed by atoms with Gasteiger partial charge in [-0.25, -0.2) is 4.98 Å². The van der Waals surface area contributed by atoms with E-state index < -0.39 is 5.91 Å². The molecule has 0 spiro atoms. The molecule has 10 heteroatoms. The third-order valence-electron chi connectivity index (χ3n) is 4.34. The Labute approximate surface area is 206 Å². The SMILES string of the molecule is COc1ccc(-c2csc(NC(=S)NC(=O)c3ccc(-c4cccc(Cl)c4)o3)n2)cc1Br. The van der Waals surface area contributed by atoms with Crippen molar-refractivity contribution in [3.05, 3.63) is 75.2 Å². The molecule has 162 valence electrons. The molecule has 0 bridgehead atoms. The second kappa shape index (κ2) is 9.83. The van der Waals surface area contributed by atoms with Crippen molar-refractivity contribution in [2.45, 2.75) is 0 Å². The molecule has 4 aromatic rings. The van der Waals surface area contributed by atoms with Crippen molar-refractivity contribution < 1.29 is 13.9 Å². The number of ether oxygens (including phenoxy) is 1. The zero-order valence-electron chi connectivity index (χ0n) is 16.5. The number of thiazole rings is 1. The normalized spacial score (nSPS) is 10.6. The van der Waals surface area contributed by atoms with Gasteiger partial charge in [-0.05, 0) is 70.6 Å². The Morgan fingerprint density at radius 3 is 2.78 bits per heavy atom. The highest BCUT2D eigenvalue weighted by Crippen LogP contribution is 2.32. The summed E-state index contributed by atoms with van der Waals surface area (Å²) in [7, 11) is 1.61. The fraction of sp³-hybridized carbons (Fsp3) is 0.0455. The highest BCUT2D eigenvalue weighted by atomic mass is 79.9. The van der Waals surface area contributed by atoms with Crippen LogP contribution in [0.25, 0.3) is 22.6 Å². The summed E-state index contributed by atoms with van der Waals surface area (Å²) in [6.07, 6.45) is 0. The highest BCUT2D eigenvalue weighted by molar-refractivity contribution is 9.10. The van der Waals surface area contributed by atoms with Crippen LogP contribution in [0.4, 0.5) is 5.13 Å². The van der Waals surface area contributed by atoms with E-state index in [0.29, 0.717) is 15.9 Å². The van der Waals surface area contributed by atoms with Gasteiger partial charge in [-0.1, -0.05) is 23.7 Å². The van der Waals surface area contributed by atoms with Crippen molar-refractivity contribution in [2.75, 3.05) is 12.4 Å². The van der Waals surface area contributed by atoms with Gasteiger partial charge in [0.15, 0.2) is 16.0 Å². The molecule has 0 aliphatic carbocycles. The first-order chi connectivity index (χ1) is 15.4. The largest absolute Gasteiger partial charge is 0.496 e. The van der Waals surface area contributed by atoms with Crippen LogP contribution in [0.1, 0.15) is 10.6 Å². The lowest BCUT2D eigenvalue weighted by molar-refractivity contribution is 0.0951. The summed E-state index contributed by atoms with van der Waals surface area (Å²) < 4.78 is 11.7. The van der Waals surface area contributed by atoms with E-state index >= 15 is 0 Å². The number of benzene rings is 2. The quantitative estimate of drug-likeness (QED) is 0.273. The second-order valence-corrected chi connectivity index (χ2v) is 9.03. The van der Waals surface area contributed by atoms with Crippen LogP contribution >= 0.6 is 51.1 Å². The van der Waals surface area contributed by atoms with E-state index in [-0.39, 0.29) is 10.9 Å². The molecule has 0 fully saturated rings. The Bertz CT molecular complexity index is 1310. The van der Waals surface area contributed by atoms with Crippen molar-refractivity contribution in [1.82, 2.24) is 10.3 Å². The van der Waals surface area contributed by atoms with Crippen molar-refractivity contribution in [1.29, 1.82) is 0 Å². The maximum absolute atomic E-state index is 12.5. The van der Waals surface area contributed by atoms with Gasteiger partial charge in [0, 0.05) is 21.5 Å². The van der Waals surface area contributed by atoms with Crippen molar-refractivity contribution in [3.63, 3.8) is 0 Å². The number of hydrogen-bond acceptors (Lipinski definition) is 6. The Hall–Kier alpha value is -2.72. The van der Waals surface area contributed by atoms with E-state index in [1.807, 2.05) is 35.7 Å². The van der Waals surface area contributed by atoms with Gasteiger partial charge in [-0.2, -0.15) is 0 Å². The molecule has 2 aromatic heterocycles. The molecule has 0 atom stereocenters.